The summed E-state index contributed by atoms with van der Waals surface area (Å²) in [7, 11) is 0. The van der Waals surface area contributed by atoms with Gasteiger partial charge in [0.2, 0.25) is 0 Å². The molecule has 2 N–H and O–H groups in total. The molecule has 0 amide bonds. The van der Waals surface area contributed by atoms with Crippen LogP contribution in [0.4, 0.5) is 10.2 Å². The molecular formula is C35H35ClFN5O3. The van der Waals surface area contributed by atoms with Gasteiger partial charge in [0.1, 0.15) is 29.3 Å². The van der Waals surface area contributed by atoms with E-state index in [1.54, 1.807) is 18.2 Å². The highest BCUT2D eigenvalue weighted by atomic mass is 35.5. The van der Waals surface area contributed by atoms with E-state index in [-0.39, 0.29) is 50.6 Å². The monoisotopic (exact) mass is 627 g/mol. The van der Waals surface area contributed by atoms with Gasteiger partial charge in [-0.2, -0.15) is 9.97 Å². The molecule has 3 saturated heterocycles. The third-order valence-electron chi connectivity index (χ3n) is 10.4. The van der Waals surface area contributed by atoms with Crippen molar-refractivity contribution in [3.05, 3.63) is 52.8 Å². The molecule has 10 heteroatoms. The van der Waals surface area contributed by atoms with E-state index >= 15 is 4.39 Å². The first-order valence-electron chi connectivity index (χ1n) is 15.8. The molecule has 3 aromatic rings. The summed E-state index contributed by atoms with van der Waals surface area (Å²) in [5.74, 6) is 2.78. The molecule has 1 unspecified atom stereocenters. The number of terminal acetylenes is 1. The van der Waals surface area contributed by atoms with E-state index in [0.29, 0.717) is 47.8 Å². The van der Waals surface area contributed by atoms with Crippen LogP contribution in [0.15, 0.2) is 30.9 Å². The Morgan fingerprint density at radius 2 is 2.00 bits per heavy atom. The molecule has 1 aromatic heterocycles. The molecule has 1 atom stereocenters. The molecule has 232 valence electrons. The zero-order valence-electron chi connectivity index (χ0n) is 25.0. The van der Waals surface area contributed by atoms with E-state index in [0.717, 1.165) is 58.2 Å². The number of ether oxygens (including phenoxy) is 2. The number of halogens is 2. The van der Waals surface area contributed by atoms with E-state index < -0.39 is 5.82 Å². The minimum absolute atomic E-state index is 0.0161. The number of fused-ring (bicyclic) bond motifs is 3. The number of anilines is 1. The number of phenols is 1. The number of aromatic nitrogens is 2. The quantitative estimate of drug-likeness (QED) is 0.267. The van der Waals surface area contributed by atoms with Crippen LogP contribution in [0.5, 0.6) is 17.5 Å². The van der Waals surface area contributed by atoms with E-state index in [1.807, 2.05) is 0 Å². The van der Waals surface area contributed by atoms with Crippen LogP contribution in [0.2, 0.25) is 5.02 Å². The number of phenolic OH excluding ortho intramolecular Hbond substituents is 1. The predicted octanol–water partition coefficient (Wildman–Crippen LogP) is 5.69. The van der Waals surface area contributed by atoms with Crippen molar-refractivity contribution in [3.63, 3.8) is 0 Å². The number of nitrogens with zero attached hydrogens (tertiary/aromatic N) is 4. The third kappa shape index (κ3) is 4.26. The van der Waals surface area contributed by atoms with Crippen LogP contribution >= 0.6 is 11.6 Å². The van der Waals surface area contributed by atoms with Crippen molar-refractivity contribution in [1.82, 2.24) is 20.2 Å². The summed E-state index contributed by atoms with van der Waals surface area (Å²) in [4.78, 5) is 14.6. The number of rotatable bonds is 6. The van der Waals surface area contributed by atoms with Crippen molar-refractivity contribution in [2.24, 2.45) is 0 Å². The molecule has 4 fully saturated rings. The lowest BCUT2D eigenvalue weighted by Gasteiger charge is -2.40. The largest absolute Gasteiger partial charge is 0.508 e. The first-order chi connectivity index (χ1) is 21.9. The second kappa shape index (κ2) is 10.6. The summed E-state index contributed by atoms with van der Waals surface area (Å²) >= 11 is 7.07. The highest BCUT2D eigenvalue weighted by Gasteiger charge is 2.67. The minimum atomic E-state index is -0.670. The highest BCUT2D eigenvalue weighted by molar-refractivity contribution is 6.36. The number of allylic oxidation sites excluding steroid dienone is 2. The van der Waals surface area contributed by atoms with E-state index in [4.69, 9.17) is 37.5 Å². The Hall–Kier alpha value is -3.84. The van der Waals surface area contributed by atoms with Crippen molar-refractivity contribution in [2.75, 3.05) is 44.2 Å². The van der Waals surface area contributed by atoms with Gasteiger partial charge in [-0.15, -0.1) is 6.42 Å². The van der Waals surface area contributed by atoms with Gasteiger partial charge in [0.05, 0.1) is 22.0 Å². The van der Waals surface area contributed by atoms with Crippen LogP contribution in [0.3, 0.4) is 0 Å². The SMILES string of the molecule is C#Cc1c(/C=C\C=C)cc(O)cc1-c1c(Cl)c2c3c(nc(OC4(C56CCCN5CCC6)CC4)nc3c1F)N1CCNCC1CO2. The molecule has 8 rings (SSSR count). The number of aromatic hydroxyl groups is 1. The predicted molar refractivity (Wildman–Crippen MR) is 174 cm³/mol. The average Bonchev–Trinajstić information content (AvgIpc) is 3.57. The lowest BCUT2D eigenvalue weighted by molar-refractivity contribution is 0.00817. The maximum atomic E-state index is 17.2. The zero-order valence-corrected chi connectivity index (χ0v) is 25.8. The fourth-order valence-electron chi connectivity index (χ4n) is 8.34. The van der Waals surface area contributed by atoms with Crippen LogP contribution < -0.4 is 19.7 Å². The standard InChI is InChI=1S/C35H35ClFN5O3/c1-3-5-8-21-17-23(43)18-25(24(21)4-2)26-28(36)31-27-30(29(26)37)39-33(40-32(27)42-16-13-38-19-22(42)20-44-31)45-35(11-12-35)34-9-6-14-41(34)15-7-10-34/h2-3,5,8,17-18,22,38,43H,1,6-7,9-16,19-20H2/b8-5-. The summed E-state index contributed by atoms with van der Waals surface area (Å²) in [6.07, 6.45) is 17.3. The molecule has 1 saturated carbocycles. The Balaban J connectivity index is 1.36. The smallest absolute Gasteiger partial charge is 0.319 e. The Kier molecular flexibility index (Phi) is 6.75. The molecule has 0 spiro atoms. The topological polar surface area (TPSA) is 83.0 Å². The van der Waals surface area contributed by atoms with Crippen LogP contribution in [-0.4, -0.2) is 76.5 Å². The second-order valence-corrected chi connectivity index (χ2v) is 13.1. The molecule has 0 bridgehead atoms. The summed E-state index contributed by atoms with van der Waals surface area (Å²) in [5, 5.41) is 14.6. The van der Waals surface area contributed by atoms with Crippen molar-refractivity contribution in [2.45, 2.75) is 55.7 Å². The number of hydrogen-bond acceptors (Lipinski definition) is 8. The Morgan fingerprint density at radius 1 is 1.20 bits per heavy atom. The third-order valence-corrected chi connectivity index (χ3v) is 10.8. The van der Waals surface area contributed by atoms with Gasteiger partial charge >= 0.3 is 6.01 Å². The summed E-state index contributed by atoms with van der Waals surface area (Å²) in [6.45, 7) is 8.29. The highest BCUT2D eigenvalue weighted by Crippen LogP contribution is 2.59. The molecule has 0 radical (unpaired) electrons. The molecule has 8 nitrogen and oxygen atoms in total. The summed E-state index contributed by atoms with van der Waals surface area (Å²) in [5.41, 5.74) is 0.835. The maximum Gasteiger partial charge on any atom is 0.319 e. The minimum Gasteiger partial charge on any atom is -0.508 e. The summed E-state index contributed by atoms with van der Waals surface area (Å²) < 4.78 is 30.4. The van der Waals surface area contributed by atoms with E-state index in [9.17, 15) is 5.11 Å². The molecule has 5 aliphatic rings. The van der Waals surface area contributed by atoms with Crippen molar-refractivity contribution >= 4 is 34.4 Å². The van der Waals surface area contributed by atoms with Gasteiger partial charge in [-0.1, -0.05) is 42.3 Å². The molecule has 45 heavy (non-hydrogen) atoms. The van der Waals surface area contributed by atoms with Crippen molar-refractivity contribution in [3.8, 4) is 41.0 Å². The van der Waals surface area contributed by atoms with Gasteiger partial charge in [0, 0.05) is 36.3 Å². The van der Waals surface area contributed by atoms with E-state index in [1.165, 1.54) is 12.1 Å². The summed E-state index contributed by atoms with van der Waals surface area (Å²) in [6, 6.07) is 3.08. The zero-order chi connectivity index (χ0) is 30.9. The number of piperazine rings is 1. The lowest BCUT2D eigenvalue weighted by atomic mass is 9.85. The number of benzene rings is 2. The first-order valence-corrected chi connectivity index (χ1v) is 16.2. The molecular weight excluding hydrogens is 593 g/mol. The second-order valence-electron chi connectivity index (χ2n) is 12.8. The van der Waals surface area contributed by atoms with Crippen LogP contribution in [-0.2, 0) is 0 Å². The number of nitrogens with one attached hydrogen (secondary N) is 1. The van der Waals surface area contributed by atoms with Crippen molar-refractivity contribution < 1.29 is 19.0 Å². The first kappa shape index (κ1) is 28.6. The Labute approximate surface area is 266 Å². The molecule has 4 aliphatic heterocycles. The van der Waals surface area contributed by atoms with E-state index in [2.05, 4.69) is 27.6 Å². The fourth-order valence-corrected chi connectivity index (χ4v) is 8.67. The molecule has 5 heterocycles. The van der Waals surface area contributed by atoms with Gasteiger partial charge in [-0.05, 0) is 69.3 Å². The van der Waals surface area contributed by atoms with Crippen molar-refractivity contribution in [1.29, 1.82) is 0 Å². The van der Waals surface area contributed by atoms with Gasteiger partial charge in [0.25, 0.3) is 0 Å². The lowest BCUT2D eigenvalue weighted by Crippen LogP contribution is -2.54. The Bertz CT molecular complexity index is 1810. The molecule has 2 aromatic carbocycles. The molecule has 1 aliphatic carbocycles. The maximum absolute atomic E-state index is 17.2. The van der Waals surface area contributed by atoms with Gasteiger partial charge < -0.3 is 24.8 Å². The van der Waals surface area contributed by atoms with Crippen LogP contribution in [0.1, 0.15) is 49.7 Å². The van der Waals surface area contributed by atoms with Crippen LogP contribution in [0.25, 0.3) is 28.1 Å². The fraction of sp³-hybridized carbons (Fsp3) is 0.429. The average molecular weight is 628 g/mol. The number of hydrogen-bond donors (Lipinski definition) is 2. The van der Waals surface area contributed by atoms with Gasteiger partial charge in [0.15, 0.2) is 11.6 Å². The van der Waals surface area contributed by atoms with Gasteiger partial charge in [-0.25, -0.2) is 4.39 Å². The van der Waals surface area contributed by atoms with Gasteiger partial charge in [-0.3, -0.25) is 4.90 Å². The Morgan fingerprint density at radius 3 is 2.73 bits per heavy atom. The van der Waals surface area contributed by atoms with Crippen LogP contribution in [0, 0.1) is 18.2 Å². The normalized spacial score (nSPS) is 22.9.